The summed E-state index contributed by atoms with van der Waals surface area (Å²) in [4.78, 5) is 25.0. The molecule has 1 aromatic carbocycles. The molecule has 1 amide bonds. The molecule has 1 atom stereocenters. The highest BCUT2D eigenvalue weighted by Crippen LogP contribution is 2.41. The lowest BCUT2D eigenvalue weighted by molar-refractivity contribution is -0.113. The van der Waals surface area contributed by atoms with Gasteiger partial charge in [-0.25, -0.2) is 4.39 Å². The summed E-state index contributed by atoms with van der Waals surface area (Å²) in [5, 5.41) is 5.31. The largest absolute Gasteiger partial charge is 0.381 e. The van der Waals surface area contributed by atoms with Crippen LogP contribution in [0.15, 0.2) is 23.0 Å². The Morgan fingerprint density at radius 1 is 1.27 bits per heavy atom. The maximum absolute atomic E-state index is 13.5. The van der Waals surface area contributed by atoms with Crippen LogP contribution < -0.4 is 10.9 Å². The number of amides is 1. The van der Waals surface area contributed by atoms with Crippen LogP contribution in [0.3, 0.4) is 0 Å². The molecule has 0 unspecified atom stereocenters. The number of hydrogen-bond donors (Lipinski definition) is 2. The first kappa shape index (κ1) is 17.6. The van der Waals surface area contributed by atoms with Crippen molar-refractivity contribution in [1.29, 1.82) is 0 Å². The van der Waals surface area contributed by atoms with Crippen LogP contribution in [0.2, 0.25) is 5.02 Å². The van der Waals surface area contributed by atoms with Crippen molar-refractivity contribution < 1.29 is 13.9 Å². The first-order valence-electron chi connectivity index (χ1n) is 8.33. The summed E-state index contributed by atoms with van der Waals surface area (Å²) < 4.78 is 20.7. The summed E-state index contributed by atoms with van der Waals surface area (Å²) in [6.07, 6.45) is 1.51. The molecule has 4 rings (SSSR count). The van der Waals surface area contributed by atoms with Crippen LogP contribution in [-0.2, 0) is 9.53 Å². The smallest absolute Gasteiger partial charge is 0.270 e. The molecule has 2 aliphatic rings. The predicted molar refractivity (Wildman–Crippen MR) is 98.5 cm³/mol. The minimum Gasteiger partial charge on any atom is -0.381 e. The summed E-state index contributed by atoms with van der Waals surface area (Å²) in [5.41, 5.74) is 0.899. The van der Waals surface area contributed by atoms with Gasteiger partial charge in [0.05, 0.1) is 27.6 Å². The highest BCUT2D eigenvalue weighted by atomic mass is 35.5. The fourth-order valence-electron chi connectivity index (χ4n) is 3.40. The van der Waals surface area contributed by atoms with E-state index in [-0.39, 0.29) is 28.3 Å². The Hall–Kier alpha value is -1.77. The molecule has 0 aliphatic carbocycles. The van der Waals surface area contributed by atoms with Gasteiger partial charge in [0, 0.05) is 13.2 Å². The Bertz CT molecular complexity index is 907. The number of aromatic amines is 1. The Labute approximate surface area is 158 Å². The van der Waals surface area contributed by atoms with E-state index in [1.807, 2.05) is 0 Å². The standard InChI is InChI=1S/C17H17ClFN3O3S/c18-11-7-9(1-2-12(11)19)15-14-16(20-13(23)8-26-15)22(21-17(14)24)10-3-5-25-6-4-10/h1-2,7,10,15H,3-6,8H2,(H,20,23)(H,21,24)/t15-/m1/s1. The summed E-state index contributed by atoms with van der Waals surface area (Å²) in [6.45, 7) is 1.22. The second-order valence-electron chi connectivity index (χ2n) is 6.33. The number of ether oxygens (including phenoxy) is 1. The molecule has 2 aromatic rings. The van der Waals surface area contributed by atoms with Crippen LogP contribution in [-0.4, -0.2) is 34.7 Å². The van der Waals surface area contributed by atoms with E-state index in [9.17, 15) is 14.0 Å². The maximum atomic E-state index is 13.5. The molecule has 0 radical (unpaired) electrons. The van der Waals surface area contributed by atoms with E-state index in [1.165, 1.54) is 23.9 Å². The van der Waals surface area contributed by atoms with Crippen molar-refractivity contribution in [3.05, 3.63) is 50.5 Å². The van der Waals surface area contributed by atoms with Crippen molar-refractivity contribution >= 4 is 35.1 Å². The van der Waals surface area contributed by atoms with E-state index >= 15 is 0 Å². The molecular weight excluding hydrogens is 381 g/mol. The molecule has 0 saturated carbocycles. The second-order valence-corrected chi connectivity index (χ2v) is 7.83. The second kappa shape index (κ2) is 7.09. The molecular formula is C17H17ClFN3O3S. The Morgan fingerprint density at radius 3 is 2.77 bits per heavy atom. The predicted octanol–water partition coefficient (Wildman–Crippen LogP) is 3.10. The molecule has 0 bridgehead atoms. The molecule has 9 heteroatoms. The van der Waals surface area contributed by atoms with Crippen molar-refractivity contribution in [3.8, 4) is 0 Å². The van der Waals surface area contributed by atoms with Gasteiger partial charge in [-0.15, -0.1) is 11.8 Å². The molecule has 1 aromatic heterocycles. The van der Waals surface area contributed by atoms with Crippen LogP contribution in [0, 0.1) is 5.82 Å². The summed E-state index contributed by atoms with van der Waals surface area (Å²) >= 11 is 7.25. The summed E-state index contributed by atoms with van der Waals surface area (Å²) in [6, 6.07) is 4.45. The lowest BCUT2D eigenvalue weighted by atomic mass is 10.1. The van der Waals surface area contributed by atoms with Gasteiger partial charge in [0.2, 0.25) is 5.91 Å². The van der Waals surface area contributed by atoms with Gasteiger partial charge in [-0.2, -0.15) is 0 Å². The Balaban J connectivity index is 1.82. The molecule has 138 valence electrons. The van der Waals surface area contributed by atoms with Crippen LogP contribution in [0.5, 0.6) is 0 Å². The van der Waals surface area contributed by atoms with Crippen molar-refractivity contribution in [3.63, 3.8) is 0 Å². The number of nitrogens with zero attached hydrogens (tertiary/aromatic N) is 1. The van der Waals surface area contributed by atoms with Gasteiger partial charge in [-0.3, -0.25) is 19.4 Å². The van der Waals surface area contributed by atoms with Gasteiger partial charge < -0.3 is 10.1 Å². The van der Waals surface area contributed by atoms with Gasteiger partial charge in [-0.05, 0) is 30.5 Å². The minimum atomic E-state index is -0.517. The Kier molecular flexibility index (Phi) is 4.81. The number of hydrogen-bond acceptors (Lipinski definition) is 4. The zero-order chi connectivity index (χ0) is 18.3. The third-order valence-electron chi connectivity index (χ3n) is 4.67. The van der Waals surface area contributed by atoms with Gasteiger partial charge in [0.15, 0.2) is 0 Å². The summed E-state index contributed by atoms with van der Waals surface area (Å²) in [7, 11) is 0. The zero-order valence-corrected chi connectivity index (χ0v) is 15.3. The number of halogens is 2. The van der Waals surface area contributed by atoms with Crippen LogP contribution in [0.4, 0.5) is 10.2 Å². The highest BCUT2D eigenvalue weighted by molar-refractivity contribution is 8.00. The molecule has 6 nitrogen and oxygen atoms in total. The molecule has 1 saturated heterocycles. The number of H-pyrrole nitrogens is 1. The van der Waals surface area contributed by atoms with E-state index in [0.29, 0.717) is 30.2 Å². The highest BCUT2D eigenvalue weighted by Gasteiger charge is 2.32. The van der Waals surface area contributed by atoms with Crippen LogP contribution in [0.1, 0.15) is 35.3 Å². The third-order valence-corrected chi connectivity index (χ3v) is 6.23. The maximum Gasteiger partial charge on any atom is 0.270 e. The number of carbonyl (C=O) groups is 1. The van der Waals surface area contributed by atoms with E-state index < -0.39 is 11.1 Å². The van der Waals surface area contributed by atoms with Gasteiger partial charge in [-0.1, -0.05) is 17.7 Å². The fourth-order valence-corrected chi connectivity index (χ4v) is 4.70. The van der Waals surface area contributed by atoms with Crippen molar-refractivity contribution in [1.82, 2.24) is 9.78 Å². The molecule has 26 heavy (non-hydrogen) atoms. The quantitative estimate of drug-likeness (QED) is 0.816. The molecule has 2 aliphatic heterocycles. The number of benzene rings is 1. The van der Waals surface area contributed by atoms with Gasteiger partial charge in [0.1, 0.15) is 11.6 Å². The minimum absolute atomic E-state index is 0.00604. The van der Waals surface area contributed by atoms with Crippen LogP contribution >= 0.6 is 23.4 Å². The molecule has 0 spiro atoms. The average molecular weight is 398 g/mol. The third kappa shape index (κ3) is 3.17. The normalized spacial score (nSPS) is 21.2. The number of carbonyl (C=O) groups excluding carboxylic acids is 1. The van der Waals surface area contributed by atoms with E-state index in [1.54, 1.807) is 10.7 Å². The number of thioether (sulfide) groups is 1. The van der Waals surface area contributed by atoms with E-state index in [0.717, 1.165) is 12.8 Å². The van der Waals surface area contributed by atoms with Crippen LogP contribution in [0.25, 0.3) is 0 Å². The molecule has 2 N–H and O–H groups in total. The SMILES string of the molecule is O=C1CS[C@H](c2ccc(F)c(Cl)c2)c2c(n(C3CCOCC3)[nH]c2=O)N1. The zero-order valence-electron chi connectivity index (χ0n) is 13.8. The molecule has 3 heterocycles. The van der Waals surface area contributed by atoms with Crippen molar-refractivity contribution in [2.24, 2.45) is 0 Å². The fraction of sp³-hybridized carbons (Fsp3) is 0.412. The van der Waals surface area contributed by atoms with Gasteiger partial charge in [0.25, 0.3) is 5.56 Å². The average Bonchev–Trinajstić information content (AvgIpc) is 2.84. The number of nitrogens with one attached hydrogen (secondary N) is 2. The first-order valence-corrected chi connectivity index (χ1v) is 9.76. The number of aromatic nitrogens is 2. The molecule has 1 fully saturated rings. The number of fused-ring (bicyclic) bond motifs is 1. The van der Waals surface area contributed by atoms with Crippen molar-refractivity contribution in [2.75, 3.05) is 24.3 Å². The monoisotopic (exact) mass is 397 g/mol. The summed E-state index contributed by atoms with van der Waals surface area (Å²) in [5.74, 6) is -0.00654. The van der Waals surface area contributed by atoms with Gasteiger partial charge >= 0.3 is 0 Å². The number of rotatable bonds is 2. The lowest BCUT2D eigenvalue weighted by Gasteiger charge is -2.25. The lowest BCUT2D eigenvalue weighted by Crippen LogP contribution is -2.24. The van der Waals surface area contributed by atoms with E-state index in [4.69, 9.17) is 16.3 Å². The van der Waals surface area contributed by atoms with E-state index in [2.05, 4.69) is 10.4 Å². The number of anilines is 1. The first-order chi connectivity index (χ1) is 12.5. The van der Waals surface area contributed by atoms with Crippen molar-refractivity contribution in [2.45, 2.75) is 24.1 Å². The Morgan fingerprint density at radius 2 is 2.04 bits per heavy atom. The topological polar surface area (TPSA) is 76.1 Å².